The van der Waals surface area contributed by atoms with Crippen LogP contribution in [0.15, 0.2) is 28.9 Å². The summed E-state index contributed by atoms with van der Waals surface area (Å²) in [6, 6.07) is 6.35. The van der Waals surface area contributed by atoms with Gasteiger partial charge in [-0.2, -0.15) is 0 Å². The average Bonchev–Trinajstić information content (AvgIpc) is 2.30. The van der Waals surface area contributed by atoms with E-state index in [4.69, 9.17) is 4.74 Å². The molecule has 1 aromatic heterocycles. The fraction of sp³-hybridized carbons (Fsp3) is 0.308. The first-order valence-electron chi connectivity index (χ1n) is 5.31. The lowest BCUT2D eigenvalue weighted by Gasteiger charge is -2.08. The minimum atomic E-state index is 0.561. The Labute approximate surface area is 104 Å². The molecule has 2 rings (SSSR count). The Kier molecular flexibility index (Phi) is 3.56. The summed E-state index contributed by atoms with van der Waals surface area (Å²) in [4.78, 5) is 4.38. The second kappa shape index (κ2) is 4.93. The molecule has 84 valence electrons. The molecule has 2 aromatic rings. The molecular formula is C13H14BrNO. The fourth-order valence-electron chi connectivity index (χ4n) is 1.84. The third kappa shape index (κ3) is 2.11. The molecule has 0 saturated heterocycles. The van der Waals surface area contributed by atoms with E-state index in [0.717, 1.165) is 16.6 Å². The number of methoxy groups -OCH3 is 1. The van der Waals surface area contributed by atoms with Gasteiger partial charge in [-0.05, 0) is 29.5 Å². The lowest BCUT2D eigenvalue weighted by atomic mass is 10.0. The predicted molar refractivity (Wildman–Crippen MR) is 69.5 cm³/mol. The Balaban J connectivity index is 2.64. The average molecular weight is 280 g/mol. The number of benzene rings is 1. The molecule has 2 nitrogen and oxygen atoms in total. The van der Waals surface area contributed by atoms with Gasteiger partial charge in [-0.3, -0.25) is 4.98 Å². The molecule has 0 radical (unpaired) electrons. The zero-order valence-electron chi connectivity index (χ0n) is 9.46. The SMILES string of the molecule is CCc1ccc(Br)c2cnc(COC)cc12. The van der Waals surface area contributed by atoms with Gasteiger partial charge in [0.1, 0.15) is 0 Å². The number of hydrogen-bond acceptors (Lipinski definition) is 2. The molecular weight excluding hydrogens is 266 g/mol. The van der Waals surface area contributed by atoms with E-state index in [0.29, 0.717) is 6.61 Å². The van der Waals surface area contributed by atoms with Gasteiger partial charge in [-0.15, -0.1) is 0 Å². The van der Waals surface area contributed by atoms with Crippen molar-refractivity contribution in [3.63, 3.8) is 0 Å². The minimum Gasteiger partial charge on any atom is -0.378 e. The van der Waals surface area contributed by atoms with Crippen molar-refractivity contribution in [2.24, 2.45) is 0 Å². The first kappa shape index (κ1) is 11.6. The highest BCUT2D eigenvalue weighted by Crippen LogP contribution is 2.27. The van der Waals surface area contributed by atoms with Crippen LogP contribution in [0.5, 0.6) is 0 Å². The normalized spacial score (nSPS) is 10.9. The standard InChI is InChI=1S/C13H14BrNO/c1-3-9-4-5-13(14)12-7-15-10(8-16-2)6-11(9)12/h4-7H,3,8H2,1-2H3. The number of hydrogen-bond donors (Lipinski definition) is 0. The summed E-state index contributed by atoms with van der Waals surface area (Å²) >= 11 is 3.55. The molecule has 16 heavy (non-hydrogen) atoms. The molecule has 0 fully saturated rings. The van der Waals surface area contributed by atoms with Crippen LogP contribution in [-0.4, -0.2) is 12.1 Å². The van der Waals surface area contributed by atoms with Crippen molar-refractivity contribution in [2.75, 3.05) is 7.11 Å². The monoisotopic (exact) mass is 279 g/mol. The molecule has 3 heteroatoms. The number of halogens is 1. The molecule has 0 bridgehead atoms. The minimum absolute atomic E-state index is 0.561. The van der Waals surface area contributed by atoms with Crippen LogP contribution in [0.25, 0.3) is 10.8 Å². The maximum Gasteiger partial charge on any atom is 0.0884 e. The van der Waals surface area contributed by atoms with Crippen LogP contribution in [0.4, 0.5) is 0 Å². The number of nitrogens with zero attached hydrogens (tertiary/aromatic N) is 1. The molecule has 0 amide bonds. The molecule has 0 saturated carbocycles. The Morgan fingerprint density at radius 1 is 1.31 bits per heavy atom. The zero-order valence-corrected chi connectivity index (χ0v) is 11.0. The molecule has 0 aliphatic heterocycles. The zero-order chi connectivity index (χ0) is 11.5. The Morgan fingerprint density at radius 2 is 2.12 bits per heavy atom. The van der Waals surface area contributed by atoms with Gasteiger partial charge in [0.05, 0.1) is 12.3 Å². The Bertz CT molecular complexity index is 511. The van der Waals surface area contributed by atoms with Crippen molar-refractivity contribution >= 4 is 26.7 Å². The van der Waals surface area contributed by atoms with E-state index in [1.807, 2.05) is 6.20 Å². The Hall–Kier alpha value is -0.930. The third-order valence-corrected chi connectivity index (χ3v) is 3.36. The number of ether oxygens (including phenoxy) is 1. The maximum atomic E-state index is 5.11. The molecule has 1 aromatic carbocycles. The summed E-state index contributed by atoms with van der Waals surface area (Å²) in [6.45, 7) is 2.73. The quantitative estimate of drug-likeness (QED) is 0.855. The van der Waals surface area contributed by atoms with E-state index in [9.17, 15) is 0 Å². The number of aromatic nitrogens is 1. The van der Waals surface area contributed by atoms with Gasteiger partial charge in [0.2, 0.25) is 0 Å². The van der Waals surface area contributed by atoms with Crippen LogP contribution in [0.1, 0.15) is 18.2 Å². The first-order valence-corrected chi connectivity index (χ1v) is 6.10. The fourth-order valence-corrected chi connectivity index (χ4v) is 2.29. The summed E-state index contributed by atoms with van der Waals surface area (Å²) in [6.07, 6.45) is 2.94. The van der Waals surface area contributed by atoms with E-state index >= 15 is 0 Å². The van der Waals surface area contributed by atoms with Crippen molar-refractivity contribution in [3.8, 4) is 0 Å². The number of rotatable bonds is 3. The van der Waals surface area contributed by atoms with Crippen LogP contribution >= 0.6 is 15.9 Å². The van der Waals surface area contributed by atoms with Gasteiger partial charge in [-0.25, -0.2) is 0 Å². The highest BCUT2D eigenvalue weighted by Gasteiger charge is 2.05. The number of fused-ring (bicyclic) bond motifs is 1. The lowest BCUT2D eigenvalue weighted by Crippen LogP contribution is -1.94. The van der Waals surface area contributed by atoms with Gasteiger partial charge in [0.25, 0.3) is 0 Å². The third-order valence-electron chi connectivity index (χ3n) is 2.67. The van der Waals surface area contributed by atoms with Gasteiger partial charge < -0.3 is 4.74 Å². The topological polar surface area (TPSA) is 22.1 Å². The van der Waals surface area contributed by atoms with Crippen LogP contribution in [0.3, 0.4) is 0 Å². The van der Waals surface area contributed by atoms with Crippen LogP contribution in [0, 0.1) is 0 Å². The second-order valence-electron chi connectivity index (χ2n) is 3.71. The van der Waals surface area contributed by atoms with Gasteiger partial charge >= 0.3 is 0 Å². The van der Waals surface area contributed by atoms with E-state index in [1.165, 1.54) is 16.3 Å². The number of aryl methyl sites for hydroxylation is 1. The van der Waals surface area contributed by atoms with E-state index in [2.05, 4.69) is 46.0 Å². The lowest BCUT2D eigenvalue weighted by molar-refractivity contribution is 0.181. The van der Waals surface area contributed by atoms with Gasteiger partial charge in [-0.1, -0.05) is 28.9 Å². The van der Waals surface area contributed by atoms with Gasteiger partial charge in [0.15, 0.2) is 0 Å². The summed E-state index contributed by atoms with van der Waals surface area (Å²) in [7, 11) is 1.69. The highest BCUT2D eigenvalue weighted by molar-refractivity contribution is 9.10. The van der Waals surface area contributed by atoms with Crippen molar-refractivity contribution in [1.29, 1.82) is 0 Å². The van der Waals surface area contributed by atoms with E-state index in [1.54, 1.807) is 7.11 Å². The van der Waals surface area contributed by atoms with Crippen LogP contribution < -0.4 is 0 Å². The summed E-state index contributed by atoms with van der Waals surface area (Å²) < 4.78 is 6.20. The smallest absolute Gasteiger partial charge is 0.0884 e. The van der Waals surface area contributed by atoms with Crippen molar-refractivity contribution in [3.05, 3.63) is 40.1 Å². The molecule has 0 spiro atoms. The van der Waals surface area contributed by atoms with Crippen molar-refractivity contribution in [1.82, 2.24) is 4.98 Å². The molecule has 0 unspecified atom stereocenters. The molecule has 1 heterocycles. The van der Waals surface area contributed by atoms with Crippen LogP contribution in [-0.2, 0) is 17.8 Å². The summed E-state index contributed by atoms with van der Waals surface area (Å²) in [5, 5.41) is 2.43. The summed E-state index contributed by atoms with van der Waals surface area (Å²) in [5.74, 6) is 0. The Morgan fingerprint density at radius 3 is 2.81 bits per heavy atom. The molecule has 0 atom stereocenters. The van der Waals surface area contributed by atoms with E-state index < -0.39 is 0 Å². The largest absolute Gasteiger partial charge is 0.378 e. The summed E-state index contributed by atoms with van der Waals surface area (Å²) in [5.41, 5.74) is 2.32. The van der Waals surface area contributed by atoms with E-state index in [-0.39, 0.29) is 0 Å². The van der Waals surface area contributed by atoms with Crippen molar-refractivity contribution in [2.45, 2.75) is 20.0 Å². The van der Waals surface area contributed by atoms with Crippen molar-refractivity contribution < 1.29 is 4.74 Å². The molecule has 0 aliphatic carbocycles. The van der Waals surface area contributed by atoms with Gasteiger partial charge in [0, 0.05) is 23.2 Å². The second-order valence-corrected chi connectivity index (χ2v) is 4.57. The number of pyridine rings is 1. The van der Waals surface area contributed by atoms with Crippen LogP contribution in [0.2, 0.25) is 0 Å². The highest BCUT2D eigenvalue weighted by atomic mass is 79.9. The predicted octanol–water partition coefficient (Wildman–Crippen LogP) is 3.71. The molecule has 0 N–H and O–H groups in total. The first-order chi connectivity index (χ1) is 7.76. The molecule has 0 aliphatic rings. The maximum absolute atomic E-state index is 5.11.